The Morgan fingerprint density at radius 3 is 2.62 bits per heavy atom. The minimum Gasteiger partial charge on any atom is -0.249 e. The zero-order valence-electron chi connectivity index (χ0n) is 11.6. The van der Waals surface area contributed by atoms with E-state index in [4.69, 9.17) is 11.6 Å². The average molecular weight is 296 g/mol. The van der Waals surface area contributed by atoms with Crippen LogP contribution in [0, 0.1) is 6.92 Å². The van der Waals surface area contributed by atoms with Crippen molar-refractivity contribution in [2.45, 2.75) is 13.3 Å². The highest BCUT2D eigenvalue weighted by atomic mass is 35.5. The minimum absolute atomic E-state index is 0.649. The Morgan fingerprint density at radius 2 is 1.81 bits per heavy atom. The van der Waals surface area contributed by atoms with Gasteiger partial charge in [0.15, 0.2) is 5.82 Å². The number of hydrogen-bond acceptors (Lipinski definition) is 3. The first-order valence-corrected chi connectivity index (χ1v) is 7.09. The van der Waals surface area contributed by atoms with Gasteiger partial charge in [-0.25, -0.2) is 15.0 Å². The van der Waals surface area contributed by atoms with E-state index in [2.05, 4.69) is 15.0 Å². The van der Waals surface area contributed by atoms with Crippen LogP contribution in [0.3, 0.4) is 0 Å². The van der Waals surface area contributed by atoms with Gasteiger partial charge >= 0.3 is 0 Å². The summed E-state index contributed by atoms with van der Waals surface area (Å²) in [4.78, 5) is 13.3. The molecule has 104 valence electrons. The molecule has 0 aliphatic rings. The molecular weight excluding hydrogens is 282 g/mol. The molecule has 0 fully saturated rings. The van der Waals surface area contributed by atoms with Crippen LogP contribution in [0.5, 0.6) is 0 Å². The average Bonchev–Trinajstić information content (AvgIpc) is 2.50. The number of hydrogen-bond donors (Lipinski definition) is 0. The molecule has 0 bridgehead atoms. The van der Waals surface area contributed by atoms with Crippen molar-refractivity contribution in [2.24, 2.45) is 0 Å². The molecule has 3 rings (SSSR count). The van der Waals surface area contributed by atoms with Gasteiger partial charge in [0.2, 0.25) is 0 Å². The molecule has 21 heavy (non-hydrogen) atoms. The number of aromatic nitrogens is 3. The molecule has 0 aliphatic carbocycles. The number of nitrogens with zero attached hydrogens (tertiary/aromatic N) is 3. The SMILES string of the molecule is Cc1ccnc(-c2cccc(Cc3ccccc3Cl)n2)n1. The summed E-state index contributed by atoms with van der Waals surface area (Å²) in [6, 6.07) is 15.6. The molecule has 0 atom stereocenters. The van der Waals surface area contributed by atoms with E-state index in [1.165, 1.54) is 0 Å². The quantitative estimate of drug-likeness (QED) is 0.730. The van der Waals surface area contributed by atoms with Crippen molar-refractivity contribution in [2.75, 3.05) is 0 Å². The van der Waals surface area contributed by atoms with Crippen LogP contribution in [0.1, 0.15) is 17.0 Å². The van der Waals surface area contributed by atoms with Gasteiger partial charge in [-0.3, -0.25) is 0 Å². The normalized spacial score (nSPS) is 10.6. The molecule has 3 aromatic rings. The highest BCUT2D eigenvalue weighted by molar-refractivity contribution is 6.31. The molecule has 4 heteroatoms. The van der Waals surface area contributed by atoms with Crippen molar-refractivity contribution in [3.8, 4) is 11.5 Å². The van der Waals surface area contributed by atoms with Crippen LogP contribution in [0.15, 0.2) is 54.7 Å². The largest absolute Gasteiger partial charge is 0.249 e. The molecule has 0 saturated heterocycles. The minimum atomic E-state index is 0.649. The van der Waals surface area contributed by atoms with Crippen molar-refractivity contribution in [1.82, 2.24) is 15.0 Å². The second-order valence-corrected chi connectivity index (χ2v) is 5.21. The number of pyridine rings is 1. The van der Waals surface area contributed by atoms with Gasteiger partial charge in [0, 0.05) is 29.0 Å². The fourth-order valence-corrected chi connectivity index (χ4v) is 2.31. The topological polar surface area (TPSA) is 38.7 Å². The van der Waals surface area contributed by atoms with Crippen molar-refractivity contribution in [3.05, 3.63) is 76.7 Å². The molecule has 0 unspecified atom stereocenters. The molecule has 0 spiro atoms. The predicted octanol–water partition coefficient (Wildman–Crippen LogP) is 4.09. The van der Waals surface area contributed by atoms with Gasteiger partial charge in [0.05, 0.1) is 0 Å². The lowest BCUT2D eigenvalue weighted by Crippen LogP contribution is -1.97. The standard InChI is InChI=1S/C17H14ClN3/c1-12-9-10-19-17(20-12)16-8-4-6-14(21-16)11-13-5-2-3-7-15(13)18/h2-10H,11H2,1H3. The Balaban J connectivity index is 1.92. The molecule has 0 amide bonds. The van der Waals surface area contributed by atoms with Crippen LogP contribution in [0.25, 0.3) is 11.5 Å². The van der Waals surface area contributed by atoms with Gasteiger partial charge in [-0.05, 0) is 36.8 Å². The summed E-state index contributed by atoms with van der Waals surface area (Å²) < 4.78 is 0. The van der Waals surface area contributed by atoms with E-state index in [-0.39, 0.29) is 0 Å². The van der Waals surface area contributed by atoms with E-state index >= 15 is 0 Å². The summed E-state index contributed by atoms with van der Waals surface area (Å²) >= 11 is 6.20. The molecule has 0 saturated carbocycles. The Bertz CT molecular complexity index is 771. The Kier molecular flexibility index (Phi) is 3.93. The molecule has 0 radical (unpaired) electrons. The second kappa shape index (κ2) is 6.02. The van der Waals surface area contributed by atoms with Gasteiger partial charge in [0.25, 0.3) is 0 Å². The third-order valence-corrected chi connectivity index (χ3v) is 3.53. The first-order valence-electron chi connectivity index (χ1n) is 6.72. The van der Waals surface area contributed by atoms with Crippen molar-refractivity contribution >= 4 is 11.6 Å². The summed E-state index contributed by atoms with van der Waals surface area (Å²) in [5.41, 5.74) is 3.72. The summed E-state index contributed by atoms with van der Waals surface area (Å²) in [5.74, 6) is 0.649. The van der Waals surface area contributed by atoms with Gasteiger partial charge in [-0.15, -0.1) is 0 Å². The van der Waals surface area contributed by atoms with Crippen LogP contribution < -0.4 is 0 Å². The first-order chi connectivity index (χ1) is 10.2. The number of aryl methyl sites for hydroxylation is 1. The van der Waals surface area contributed by atoms with Gasteiger partial charge in [-0.1, -0.05) is 35.9 Å². The van der Waals surface area contributed by atoms with Gasteiger partial charge < -0.3 is 0 Å². The van der Waals surface area contributed by atoms with E-state index < -0.39 is 0 Å². The summed E-state index contributed by atoms with van der Waals surface area (Å²) in [6.07, 6.45) is 2.44. The highest BCUT2D eigenvalue weighted by Crippen LogP contribution is 2.19. The van der Waals surface area contributed by atoms with Crippen molar-refractivity contribution in [3.63, 3.8) is 0 Å². The second-order valence-electron chi connectivity index (χ2n) is 4.80. The van der Waals surface area contributed by atoms with Crippen LogP contribution in [0.2, 0.25) is 5.02 Å². The Morgan fingerprint density at radius 1 is 0.952 bits per heavy atom. The molecule has 3 nitrogen and oxygen atoms in total. The third kappa shape index (κ3) is 3.26. The van der Waals surface area contributed by atoms with Crippen LogP contribution in [-0.2, 0) is 6.42 Å². The lowest BCUT2D eigenvalue weighted by atomic mass is 10.1. The summed E-state index contributed by atoms with van der Waals surface area (Å²) in [6.45, 7) is 1.94. The maximum absolute atomic E-state index is 6.20. The number of rotatable bonds is 3. The van der Waals surface area contributed by atoms with Crippen molar-refractivity contribution in [1.29, 1.82) is 0 Å². The maximum Gasteiger partial charge on any atom is 0.178 e. The monoisotopic (exact) mass is 295 g/mol. The zero-order valence-corrected chi connectivity index (χ0v) is 12.4. The summed E-state index contributed by atoms with van der Waals surface area (Å²) in [7, 11) is 0. The molecule has 0 N–H and O–H groups in total. The van der Waals surface area contributed by atoms with E-state index in [0.717, 1.165) is 27.7 Å². The van der Waals surface area contributed by atoms with Gasteiger partial charge in [0.1, 0.15) is 5.69 Å². The van der Waals surface area contributed by atoms with Crippen LogP contribution in [0.4, 0.5) is 0 Å². The van der Waals surface area contributed by atoms with E-state index in [9.17, 15) is 0 Å². The maximum atomic E-state index is 6.20. The summed E-state index contributed by atoms with van der Waals surface area (Å²) in [5, 5.41) is 0.761. The first kappa shape index (κ1) is 13.7. The smallest absolute Gasteiger partial charge is 0.178 e. The molecule has 0 aliphatic heterocycles. The van der Waals surface area contributed by atoms with Crippen molar-refractivity contribution < 1.29 is 0 Å². The number of benzene rings is 1. The molecule has 2 aromatic heterocycles. The lowest BCUT2D eigenvalue weighted by Gasteiger charge is -2.06. The molecule has 1 aromatic carbocycles. The van der Waals surface area contributed by atoms with E-state index in [0.29, 0.717) is 12.2 Å². The Hall–Kier alpha value is -2.26. The van der Waals surface area contributed by atoms with Crippen LogP contribution >= 0.6 is 11.6 Å². The fraction of sp³-hybridized carbons (Fsp3) is 0.118. The zero-order chi connectivity index (χ0) is 14.7. The predicted molar refractivity (Wildman–Crippen MR) is 84.3 cm³/mol. The number of halogens is 1. The molecule has 2 heterocycles. The fourth-order valence-electron chi connectivity index (χ4n) is 2.11. The third-order valence-electron chi connectivity index (χ3n) is 3.16. The van der Waals surface area contributed by atoms with E-state index in [1.54, 1.807) is 6.20 Å². The van der Waals surface area contributed by atoms with Crippen LogP contribution in [-0.4, -0.2) is 15.0 Å². The Labute approximate surface area is 128 Å². The highest BCUT2D eigenvalue weighted by Gasteiger charge is 2.06. The van der Waals surface area contributed by atoms with E-state index in [1.807, 2.05) is 55.5 Å². The van der Waals surface area contributed by atoms with Gasteiger partial charge in [-0.2, -0.15) is 0 Å². The lowest BCUT2D eigenvalue weighted by molar-refractivity contribution is 1.04. The molecular formula is C17H14ClN3.